The van der Waals surface area contributed by atoms with Gasteiger partial charge in [0, 0.05) is 32.3 Å². The Labute approximate surface area is 137 Å². The highest BCUT2D eigenvalue weighted by Gasteiger charge is 2.29. The summed E-state index contributed by atoms with van der Waals surface area (Å²) in [5.74, 6) is 0.260. The first-order valence-electron chi connectivity index (χ1n) is 8.24. The Hall–Kier alpha value is -2.14. The Balaban J connectivity index is 1.62. The van der Waals surface area contributed by atoms with Crippen molar-refractivity contribution >= 4 is 5.91 Å². The molecule has 0 saturated carbocycles. The highest BCUT2D eigenvalue weighted by atomic mass is 16.2. The minimum Gasteiger partial charge on any atom is -0.333 e. The number of amides is 1. The molecule has 122 valence electrons. The van der Waals surface area contributed by atoms with Gasteiger partial charge in [-0.3, -0.25) is 9.89 Å². The monoisotopic (exact) mass is 312 g/mol. The molecule has 1 fully saturated rings. The molecule has 1 aromatic heterocycles. The average molecular weight is 312 g/mol. The van der Waals surface area contributed by atoms with Crippen molar-refractivity contribution in [2.45, 2.75) is 25.3 Å². The van der Waals surface area contributed by atoms with Gasteiger partial charge in [0.2, 0.25) is 5.91 Å². The molecule has 1 aromatic carbocycles. The molecule has 0 spiro atoms. The molecule has 0 aliphatic carbocycles. The van der Waals surface area contributed by atoms with Gasteiger partial charge < -0.3 is 9.80 Å². The van der Waals surface area contributed by atoms with Crippen LogP contribution in [0, 0.1) is 0 Å². The first-order chi connectivity index (χ1) is 11.2. The summed E-state index contributed by atoms with van der Waals surface area (Å²) in [4.78, 5) is 17.1. The van der Waals surface area contributed by atoms with E-state index in [0.717, 1.165) is 38.0 Å². The molecule has 1 amide bonds. The van der Waals surface area contributed by atoms with Crippen LogP contribution in [0.4, 0.5) is 0 Å². The van der Waals surface area contributed by atoms with Crippen LogP contribution in [0.3, 0.4) is 0 Å². The van der Waals surface area contributed by atoms with Gasteiger partial charge >= 0.3 is 0 Å². The smallest absolute Gasteiger partial charge is 0.223 e. The Morgan fingerprint density at radius 1 is 1.30 bits per heavy atom. The Morgan fingerprint density at radius 2 is 2.13 bits per heavy atom. The van der Waals surface area contributed by atoms with Gasteiger partial charge in [-0.25, -0.2) is 0 Å². The molecular weight excluding hydrogens is 288 g/mol. The second kappa shape index (κ2) is 7.42. The van der Waals surface area contributed by atoms with E-state index in [0.29, 0.717) is 6.42 Å². The summed E-state index contributed by atoms with van der Waals surface area (Å²) in [6, 6.07) is 10.5. The van der Waals surface area contributed by atoms with Crippen LogP contribution in [0.1, 0.15) is 30.0 Å². The summed E-state index contributed by atoms with van der Waals surface area (Å²) in [5.41, 5.74) is 2.39. The lowest BCUT2D eigenvalue weighted by Gasteiger charge is -2.40. The molecule has 1 N–H and O–H groups in total. The zero-order chi connectivity index (χ0) is 16.1. The number of nitrogens with one attached hydrogen (secondary N) is 1. The van der Waals surface area contributed by atoms with E-state index in [9.17, 15) is 4.79 Å². The van der Waals surface area contributed by atoms with Gasteiger partial charge in [0.05, 0.1) is 12.2 Å². The molecule has 1 saturated heterocycles. The van der Waals surface area contributed by atoms with Crippen LogP contribution in [0.25, 0.3) is 0 Å². The fourth-order valence-corrected chi connectivity index (χ4v) is 3.18. The van der Waals surface area contributed by atoms with Crippen LogP contribution in [0.2, 0.25) is 0 Å². The van der Waals surface area contributed by atoms with Crippen LogP contribution in [0.5, 0.6) is 0 Å². The van der Waals surface area contributed by atoms with Gasteiger partial charge in [0.1, 0.15) is 0 Å². The van der Waals surface area contributed by atoms with Crippen molar-refractivity contribution in [2.75, 3.05) is 26.7 Å². The van der Waals surface area contributed by atoms with E-state index in [2.05, 4.69) is 39.2 Å². The highest BCUT2D eigenvalue weighted by molar-refractivity contribution is 5.77. The largest absolute Gasteiger partial charge is 0.333 e. The SMILES string of the molecule is CN1CCN(C(=O)CCCc2cn[nH]c2)[C@H](c2ccccc2)C1. The van der Waals surface area contributed by atoms with Crippen molar-refractivity contribution in [3.63, 3.8) is 0 Å². The van der Waals surface area contributed by atoms with Crippen molar-refractivity contribution in [3.05, 3.63) is 53.9 Å². The van der Waals surface area contributed by atoms with Gasteiger partial charge in [-0.15, -0.1) is 0 Å². The van der Waals surface area contributed by atoms with E-state index in [4.69, 9.17) is 0 Å². The van der Waals surface area contributed by atoms with Crippen LogP contribution in [0.15, 0.2) is 42.7 Å². The third-order valence-electron chi connectivity index (χ3n) is 4.50. The zero-order valence-corrected chi connectivity index (χ0v) is 13.6. The Morgan fingerprint density at radius 3 is 2.87 bits per heavy atom. The maximum absolute atomic E-state index is 12.7. The number of hydrogen-bond donors (Lipinski definition) is 1. The second-order valence-electron chi connectivity index (χ2n) is 6.24. The van der Waals surface area contributed by atoms with Crippen LogP contribution >= 0.6 is 0 Å². The number of likely N-dealkylation sites (N-methyl/N-ethyl adjacent to an activating group) is 1. The maximum Gasteiger partial charge on any atom is 0.223 e. The van der Waals surface area contributed by atoms with Gasteiger partial charge in [0.15, 0.2) is 0 Å². The lowest BCUT2D eigenvalue weighted by Crippen LogP contribution is -2.49. The molecule has 5 heteroatoms. The zero-order valence-electron chi connectivity index (χ0n) is 13.6. The summed E-state index contributed by atoms with van der Waals surface area (Å²) >= 11 is 0. The van der Waals surface area contributed by atoms with Gasteiger partial charge in [0.25, 0.3) is 0 Å². The van der Waals surface area contributed by atoms with E-state index < -0.39 is 0 Å². The van der Waals surface area contributed by atoms with E-state index in [-0.39, 0.29) is 11.9 Å². The van der Waals surface area contributed by atoms with E-state index in [1.165, 1.54) is 5.56 Å². The van der Waals surface area contributed by atoms with Crippen molar-refractivity contribution in [2.24, 2.45) is 0 Å². The van der Waals surface area contributed by atoms with E-state index in [1.807, 2.05) is 30.6 Å². The predicted octanol–water partition coefficient (Wildman–Crippen LogP) is 2.25. The summed E-state index contributed by atoms with van der Waals surface area (Å²) in [5, 5.41) is 6.76. The minimum atomic E-state index is 0.163. The molecule has 1 aliphatic rings. The number of aryl methyl sites for hydroxylation is 1. The van der Waals surface area contributed by atoms with Gasteiger partial charge in [-0.05, 0) is 31.0 Å². The number of H-pyrrole nitrogens is 1. The number of nitrogens with zero attached hydrogens (tertiary/aromatic N) is 3. The number of aromatic amines is 1. The molecule has 3 rings (SSSR count). The van der Waals surface area contributed by atoms with Crippen molar-refractivity contribution < 1.29 is 4.79 Å². The molecular formula is C18H24N4O. The second-order valence-corrected chi connectivity index (χ2v) is 6.24. The number of aromatic nitrogens is 2. The molecule has 1 aliphatic heterocycles. The highest BCUT2D eigenvalue weighted by Crippen LogP contribution is 2.25. The van der Waals surface area contributed by atoms with E-state index >= 15 is 0 Å². The first-order valence-corrected chi connectivity index (χ1v) is 8.24. The quantitative estimate of drug-likeness (QED) is 0.921. The molecule has 0 bridgehead atoms. The molecule has 0 unspecified atom stereocenters. The lowest BCUT2D eigenvalue weighted by molar-refractivity contribution is -0.136. The molecule has 2 heterocycles. The third-order valence-corrected chi connectivity index (χ3v) is 4.50. The summed E-state index contributed by atoms with van der Waals surface area (Å²) < 4.78 is 0. The summed E-state index contributed by atoms with van der Waals surface area (Å²) in [7, 11) is 2.12. The third kappa shape index (κ3) is 3.99. The number of carbonyl (C=O) groups excluding carboxylic acids is 1. The average Bonchev–Trinajstić information content (AvgIpc) is 3.09. The molecule has 2 aromatic rings. The fourth-order valence-electron chi connectivity index (χ4n) is 3.18. The van der Waals surface area contributed by atoms with Crippen LogP contribution < -0.4 is 0 Å². The standard InChI is InChI=1S/C18H24N4O/c1-21-10-11-22(17(14-21)16-7-3-2-4-8-16)18(23)9-5-6-15-12-19-20-13-15/h2-4,7-8,12-13,17H,5-6,9-11,14H2,1H3,(H,19,20)/t17-/m0/s1. The first kappa shape index (κ1) is 15.7. The Bertz CT molecular complexity index is 611. The summed E-state index contributed by atoms with van der Waals surface area (Å²) in [6.07, 6.45) is 6.08. The molecule has 0 radical (unpaired) electrons. The van der Waals surface area contributed by atoms with Gasteiger partial charge in [-0.1, -0.05) is 30.3 Å². The van der Waals surface area contributed by atoms with Gasteiger partial charge in [-0.2, -0.15) is 5.10 Å². The number of hydrogen-bond acceptors (Lipinski definition) is 3. The van der Waals surface area contributed by atoms with Crippen LogP contribution in [-0.4, -0.2) is 52.6 Å². The molecule has 1 atom stereocenters. The predicted molar refractivity (Wildman–Crippen MR) is 89.9 cm³/mol. The molecule has 5 nitrogen and oxygen atoms in total. The van der Waals surface area contributed by atoms with Crippen molar-refractivity contribution in [3.8, 4) is 0 Å². The Kier molecular flexibility index (Phi) is 5.08. The lowest BCUT2D eigenvalue weighted by atomic mass is 10.0. The fraction of sp³-hybridized carbons (Fsp3) is 0.444. The molecule has 23 heavy (non-hydrogen) atoms. The normalized spacial score (nSPS) is 19.0. The number of carbonyl (C=O) groups is 1. The summed E-state index contributed by atoms with van der Waals surface area (Å²) in [6.45, 7) is 2.65. The maximum atomic E-state index is 12.7. The van der Waals surface area contributed by atoms with Crippen molar-refractivity contribution in [1.82, 2.24) is 20.0 Å². The number of rotatable bonds is 5. The topological polar surface area (TPSA) is 52.2 Å². The van der Waals surface area contributed by atoms with Crippen LogP contribution in [-0.2, 0) is 11.2 Å². The minimum absolute atomic E-state index is 0.163. The number of benzene rings is 1. The van der Waals surface area contributed by atoms with Crippen molar-refractivity contribution in [1.29, 1.82) is 0 Å². The number of piperazine rings is 1. The van der Waals surface area contributed by atoms with E-state index in [1.54, 1.807) is 0 Å².